The Labute approximate surface area is 148 Å². The molecule has 0 aliphatic carbocycles. The predicted molar refractivity (Wildman–Crippen MR) is 92.5 cm³/mol. The lowest BCUT2D eigenvalue weighted by Crippen LogP contribution is -2.51. The lowest BCUT2D eigenvalue weighted by molar-refractivity contribution is -0.387. The van der Waals surface area contributed by atoms with Gasteiger partial charge in [0.1, 0.15) is 0 Å². The Hall–Kier alpha value is -1.80. The number of nitro groups is 1. The molecule has 0 aliphatic heterocycles. The molecule has 0 aromatic heterocycles. The summed E-state index contributed by atoms with van der Waals surface area (Å²) >= 11 is 6.75. The first-order valence-corrected chi connectivity index (χ1v) is 8.51. The lowest BCUT2D eigenvalue weighted by Gasteiger charge is -2.33. The van der Waals surface area contributed by atoms with Crippen LogP contribution in [0.3, 0.4) is 0 Å². The van der Waals surface area contributed by atoms with Crippen molar-refractivity contribution in [3.63, 3.8) is 0 Å². The first-order valence-electron chi connectivity index (χ1n) is 7.14. The number of carbonyl (C=O) groups is 2. The highest BCUT2D eigenvalue weighted by Crippen LogP contribution is 2.31. The van der Waals surface area contributed by atoms with Crippen molar-refractivity contribution in [3.05, 3.63) is 33.3 Å². The number of nitro benzene ring substituents is 1. The summed E-state index contributed by atoms with van der Waals surface area (Å²) in [6, 6.07) is 4.22. The number of halogens is 1. The molecule has 0 saturated carbocycles. The fourth-order valence-electron chi connectivity index (χ4n) is 1.96. The van der Waals surface area contributed by atoms with E-state index in [-0.39, 0.29) is 34.7 Å². The maximum absolute atomic E-state index is 12.1. The first kappa shape index (κ1) is 20.2. The van der Waals surface area contributed by atoms with Gasteiger partial charge in [-0.15, -0.1) is 11.8 Å². The van der Waals surface area contributed by atoms with Gasteiger partial charge in [-0.3, -0.25) is 19.7 Å². The van der Waals surface area contributed by atoms with Gasteiger partial charge in [0.15, 0.2) is 0 Å². The van der Waals surface area contributed by atoms with E-state index in [1.54, 1.807) is 6.92 Å². The van der Waals surface area contributed by atoms with E-state index in [4.69, 9.17) is 16.7 Å². The number of rotatable bonds is 8. The van der Waals surface area contributed by atoms with Gasteiger partial charge in [0.05, 0.1) is 22.0 Å². The highest BCUT2D eigenvalue weighted by molar-refractivity contribution is 8.00. The quantitative estimate of drug-likeness (QED) is 0.410. The maximum atomic E-state index is 12.1. The number of carboxylic acid groups (broad SMARTS) is 1. The van der Waals surface area contributed by atoms with Crippen molar-refractivity contribution in [3.8, 4) is 0 Å². The summed E-state index contributed by atoms with van der Waals surface area (Å²) in [6.45, 7) is 5.31. The van der Waals surface area contributed by atoms with Crippen LogP contribution in [0.1, 0.15) is 27.2 Å². The molecule has 132 valence electrons. The van der Waals surface area contributed by atoms with Crippen molar-refractivity contribution < 1.29 is 19.6 Å². The SMILES string of the molecule is CC(C)C(C)(CC(=O)O)NC(=O)CSc1ccc(Cl)cc1[N+](=O)[O-]. The second-order valence-electron chi connectivity index (χ2n) is 5.85. The number of carbonyl (C=O) groups excluding carboxylic acids is 1. The maximum Gasteiger partial charge on any atom is 0.305 e. The van der Waals surface area contributed by atoms with E-state index in [9.17, 15) is 19.7 Å². The van der Waals surface area contributed by atoms with Gasteiger partial charge >= 0.3 is 5.97 Å². The summed E-state index contributed by atoms with van der Waals surface area (Å²) in [4.78, 5) is 33.9. The molecule has 1 amide bonds. The van der Waals surface area contributed by atoms with Crippen LogP contribution in [0.4, 0.5) is 5.69 Å². The van der Waals surface area contributed by atoms with Gasteiger partial charge in [0.25, 0.3) is 5.69 Å². The number of thioether (sulfide) groups is 1. The van der Waals surface area contributed by atoms with Crippen LogP contribution < -0.4 is 5.32 Å². The molecule has 0 radical (unpaired) electrons. The molecule has 1 aromatic carbocycles. The number of amides is 1. The number of hydrogen-bond donors (Lipinski definition) is 2. The molecule has 0 bridgehead atoms. The molecule has 0 saturated heterocycles. The van der Waals surface area contributed by atoms with Crippen LogP contribution in [0.15, 0.2) is 23.1 Å². The van der Waals surface area contributed by atoms with Crippen LogP contribution in [0.25, 0.3) is 0 Å². The summed E-state index contributed by atoms with van der Waals surface area (Å²) in [7, 11) is 0. The second kappa shape index (κ2) is 8.34. The number of carboxylic acids is 1. The van der Waals surface area contributed by atoms with Gasteiger partial charge < -0.3 is 10.4 Å². The third-order valence-electron chi connectivity index (χ3n) is 3.69. The molecule has 0 aliphatic rings. The van der Waals surface area contributed by atoms with Gasteiger partial charge in [0.2, 0.25) is 5.91 Å². The zero-order valence-corrected chi connectivity index (χ0v) is 15.1. The number of nitrogens with zero attached hydrogens (tertiary/aromatic N) is 1. The number of nitrogens with one attached hydrogen (secondary N) is 1. The molecule has 1 aromatic rings. The molecule has 0 heterocycles. The summed E-state index contributed by atoms with van der Waals surface area (Å²) in [6.07, 6.45) is -0.206. The van der Waals surface area contributed by atoms with Gasteiger partial charge in [-0.1, -0.05) is 25.4 Å². The minimum absolute atomic E-state index is 0.0651. The molecule has 7 nitrogen and oxygen atoms in total. The van der Waals surface area contributed by atoms with Crippen LogP contribution in [0, 0.1) is 16.0 Å². The molecule has 2 N–H and O–H groups in total. The van der Waals surface area contributed by atoms with E-state index in [1.165, 1.54) is 18.2 Å². The Morgan fingerprint density at radius 2 is 2.08 bits per heavy atom. The van der Waals surface area contributed by atoms with Gasteiger partial charge in [-0.05, 0) is 25.0 Å². The summed E-state index contributed by atoms with van der Waals surface area (Å²) in [5.41, 5.74) is -1.06. The molecular weight excluding hydrogens is 356 g/mol. The van der Waals surface area contributed by atoms with Crippen molar-refractivity contribution in [2.45, 2.75) is 37.6 Å². The largest absolute Gasteiger partial charge is 0.481 e. The Kier molecular flexibility index (Phi) is 7.04. The average molecular weight is 375 g/mol. The third-order valence-corrected chi connectivity index (χ3v) is 4.99. The molecule has 0 fully saturated rings. The molecule has 1 atom stereocenters. The van der Waals surface area contributed by atoms with Crippen LogP contribution >= 0.6 is 23.4 Å². The summed E-state index contributed by atoms with van der Waals surface area (Å²) < 4.78 is 0. The smallest absolute Gasteiger partial charge is 0.305 e. The normalized spacial score (nSPS) is 13.4. The monoisotopic (exact) mass is 374 g/mol. The number of hydrogen-bond acceptors (Lipinski definition) is 5. The standard InChI is InChI=1S/C15H19ClN2O5S/c1-9(2)15(3,7-14(20)21)17-13(19)8-24-12-5-4-10(16)6-11(12)18(22)23/h4-6,9H,7-8H2,1-3H3,(H,17,19)(H,20,21). The minimum Gasteiger partial charge on any atom is -0.481 e. The van der Waals surface area contributed by atoms with E-state index in [0.29, 0.717) is 4.90 Å². The second-order valence-corrected chi connectivity index (χ2v) is 7.30. The van der Waals surface area contributed by atoms with E-state index in [0.717, 1.165) is 11.8 Å². The summed E-state index contributed by atoms with van der Waals surface area (Å²) in [5, 5.41) is 23.0. The molecule has 24 heavy (non-hydrogen) atoms. The Morgan fingerprint density at radius 1 is 1.46 bits per heavy atom. The molecule has 1 rings (SSSR count). The van der Waals surface area contributed by atoms with E-state index >= 15 is 0 Å². The first-order chi connectivity index (χ1) is 11.0. The summed E-state index contributed by atoms with van der Waals surface area (Å²) in [5.74, 6) is -1.55. The van der Waals surface area contributed by atoms with Crippen LogP contribution in [-0.2, 0) is 9.59 Å². The van der Waals surface area contributed by atoms with Crippen molar-refractivity contribution >= 4 is 40.9 Å². The van der Waals surface area contributed by atoms with Crippen molar-refractivity contribution in [2.75, 3.05) is 5.75 Å². The topological polar surface area (TPSA) is 110 Å². The minimum atomic E-state index is -1.01. The van der Waals surface area contributed by atoms with Crippen molar-refractivity contribution in [1.29, 1.82) is 0 Å². The van der Waals surface area contributed by atoms with Gasteiger partial charge in [-0.25, -0.2) is 0 Å². The highest BCUT2D eigenvalue weighted by Gasteiger charge is 2.32. The van der Waals surface area contributed by atoms with Crippen LogP contribution in [0.2, 0.25) is 5.02 Å². The van der Waals surface area contributed by atoms with Gasteiger partial charge in [-0.2, -0.15) is 0 Å². The van der Waals surface area contributed by atoms with E-state index in [2.05, 4.69) is 5.32 Å². The Balaban J connectivity index is 2.79. The Morgan fingerprint density at radius 3 is 2.58 bits per heavy atom. The highest BCUT2D eigenvalue weighted by atomic mass is 35.5. The van der Waals surface area contributed by atoms with E-state index < -0.39 is 16.4 Å². The zero-order chi connectivity index (χ0) is 18.5. The Bertz CT molecular complexity index is 653. The van der Waals surface area contributed by atoms with Crippen molar-refractivity contribution in [2.24, 2.45) is 5.92 Å². The van der Waals surface area contributed by atoms with Gasteiger partial charge in [0, 0.05) is 16.6 Å². The lowest BCUT2D eigenvalue weighted by atomic mass is 9.85. The number of benzene rings is 1. The predicted octanol–water partition coefficient (Wildman–Crippen LogP) is 3.35. The third kappa shape index (κ3) is 5.68. The zero-order valence-electron chi connectivity index (χ0n) is 13.5. The number of aliphatic carboxylic acids is 1. The van der Waals surface area contributed by atoms with Crippen LogP contribution in [0.5, 0.6) is 0 Å². The van der Waals surface area contributed by atoms with E-state index in [1.807, 2.05) is 13.8 Å². The van der Waals surface area contributed by atoms with Crippen LogP contribution in [-0.4, -0.2) is 33.2 Å². The fourth-order valence-corrected chi connectivity index (χ4v) is 2.93. The molecule has 1 unspecified atom stereocenters. The molecular formula is C15H19ClN2O5S. The molecule has 9 heteroatoms. The fraction of sp³-hybridized carbons (Fsp3) is 0.467. The van der Waals surface area contributed by atoms with Crippen molar-refractivity contribution in [1.82, 2.24) is 5.32 Å². The molecule has 0 spiro atoms. The average Bonchev–Trinajstić information content (AvgIpc) is 2.44.